The highest BCUT2D eigenvalue weighted by Crippen LogP contribution is 2.33. The van der Waals surface area contributed by atoms with Gasteiger partial charge in [0.15, 0.2) is 0 Å². The van der Waals surface area contributed by atoms with Crippen LogP contribution in [0.5, 0.6) is 5.75 Å². The molecule has 1 fully saturated rings. The second-order valence-corrected chi connectivity index (χ2v) is 9.42. The molecule has 2 aromatic carbocycles. The van der Waals surface area contributed by atoms with Crippen LogP contribution in [0.3, 0.4) is 0 Å². The number of piperazine rings is 1. The van der Waals surface area contributed by atoms with Crippen LogP contribution in [-0.2, 0) is 10.0 Å². The van der Waals surface area contributed by atoms with Crippen molar-refractivity contribution in [3.63, 3.8) is 0 Å². The zero-order chi connectivity index (χ0) is 19.6. The van der Waals surface area contributed by atoms with Crippen molar-refractivity contribution < 1.29 is 13.2 Å². The molecule has 1 aliphatic rings. The van der Waals surface area contributed by atoms with E-state index in [2.05, 4.69) is 44.7 Å². The second-order valence-electron chi connectivity index (χ2n) is 6.82. The van der Waals surface area contributed by atoms with Crippen LogP contribution in [0.1, 0.15) is 13.8 Å². The number of ether oxygens (including phenoxy) is 1. The van der Waals surface area contributed by atoms with Crippen LogP contribution in [0.15, 0.2) is 51.8 Å². The van der Waals surface area contributed by atoms with Gasteiger partial charge in [-0.25, -0.2) is 8.42 Å². The van der Waals surface area contributed by atoms with Gasteiger partial charge in [-0.1, -0.05) is 15.9 Å². The lowest BCUT2D eigenvalue weighted by atomic mass is 10.1. The number of methoxy groups -OCH3 is 1. The smallest absolute Gasteiger partial charge is 0.261 e. The molecule has 0 aliphatic carbocycles. The number of hydrogen-bond donors (Lipinski definition) is 2. The summed E-state index contributed by atoms with van der Waals surface area (Å²) < 4.78 is 34.4. The molecule has 146 valence electrons. The summed E-state index contributed by atoms with van der Waals surface area (Å²) in [6, 6.07) is 12.6. The average Bonchev–Trinajstić information content (AvgIpc) is 2.61. The molecule has 0 bridgehead atoms. The van der Waals surface area contributed by atoms with Gasteiger partial charge in [-0.05, 0) is 56.3 Å². The number of nitrogens with zero attached hydrogens (tertiary/aromatic N) is 1. The van der Waals surface area contributed by atoms with Crippen molar-refractivity contribution in [3.8, 4) is 5.75 Å². The molecule has 8 heteroatoms. The Morgan fingerprint density at radius 2 is 1.74 bits per heavy atom. The van der Waals surface area contributed by atoms with Crippen LogP contribution < -0.4 is 19.7 Å². The summed E-state index contributed by atoms with van der Waals surface area (Å²) in [4.78, 5) is 2.44. The van der Waals surface area contributed by atoms with Crippen LogP contribution in [0.4, 0.5) is 11.4 Å². The van der Waals surface area contributed by atoms with Crippen molar-refractivity contribution in [2.75, 3.05) is 29.8 Å². The lowest BCUT2D eigenvalue weighted by molar-refractivity contribution is 0.391. The predicted octanol–water partition coefficient (Wildman–Crippen LogP) is 3.45. The minimum atomic E-state index is -3.66. The molecule has 2 atom stereocenters. The van der Waals surface area contributed by atoms with Gasteiger partial charge in [0.25, 0.3) is 10.0 Å². The number of rotatable bonds is 5. The van der Waals surface area contributed by atoms with E-state index in [4.69, 9.17) is 4.74 Å². The quantitative estimate of drug-likeness (QED) is 0.725. The molecule has 2 unspecified atom stereocenters. The fourth-order valence-corrected chi connectivity index (χ4v) is 4.67. The van der Waals surface area contributed by atoms with E-state index >= 15 is 0 Å². The maximum absolute atomic E-state index is 12.7. The van der Waals surface area contributed by atoms with Crippen molar-refractivity contribution in [3.05, 3.63) is 46.9 Å². The van der Waals surface area contributed by atoms with Crippen LogP contribution in [-0.4, -0.2) is 40.7 Å². The number of nitrogens with one attached hydrogen (secondary N) is 2. The highest BCUT2D eigenvalue weighted by Gasteiger charge is 2.24. The number of hydrogen-bond acceptors (Lipinski definition) is 5. The van der Waals surface area contributed by atoms with E-state index in [1.165, 1.54) is 0 Å². The Morgan fingerprint density at radius 1 is 1.11 bits per heavy atom. The van der Waals surface area contributed by atoms with Crippen molar-refractivity contribution in [2.45, 2.75) is 30.8 Å². The third-order valence-electron chi connectivity index (χ3n) is 4.45. The minimum Gasteiger partial charge on any atom is -0.495 e. The molecule has 2 aromatic rings. The van der Waals surface area contributed by atoms with E-state index < -0.39 is 10.0 Å². The predicted molar refractivity (Wildman–Crippen MR) is 112 cm³/mol. The first-order valence-corrected chi connectivity index (χ1v) is 11.0. The standard InChI is InChI=1S/C19H24BrN3O3S/c1-13-11-23(12-14(2)21-13)18-10-16(6-9-19(18)26-3)22-27(24,25)17-7-4-15(20)5-8-17/h4-10,13-14,21-22H,11-12H2,1-3H3. The molecule has 0 amide bonds. The third-order valence-corrected chi connectivity index (χ3v) is 6.38. The van der Waals surface area contributed by atoms with Gasteiger partial charge in [0.2, 0.25) is 0 Å². The molecule has 0 aromatic heterocycles. The van der Waals surface area contributed by atoms with Gasteiger partial charge in [0, 0.05) is 29.6 Å². The molecule has 0 radical (unpaired) electrons. The Kier molecular flexibility index (Phi) is 5.98. The summed E-state index contributed by atoms with van der Waals surface area (Å²) >= 11 is 3.32. The Hall–Kier alpha value is -1.77. The molecule has 1 saturated heterocycles. The Bertz CT molecular complexity index is 893. The molecule has 1 aliphatic heterocycles. The van der Waals surface area contributed by atoms with E-state index in [0.717, 1.165) is 29.0 Å². The monoisotopic (exact) mass is 453 g/mol. The van der Waals surface area contributed by atoms with Crippen molar-refractivity contribution in [2.24, 2.45) is 0 Å². The van der Waals surface area contributed by atoms with Crippen LogP contribution in [0, 0.1) is 0 Å². The maximum Gasteiger partial charge on any atom is 0.261 e. The van der Waals surface area contributed by atoms with Gasteiger partial charge < -0.3 is 15.0 Å². The zero-order valence-corrected chi connectivity index (χ0v) is 18.0. The minimum absolute atomic E-state index is 0.215. The van der Waals surface area contributed by atoms with Crippen molar-refractivity contribution in [1.29, 1.82) is 0 Å². The number of anilines is 2. The van der Waals surface area contributed by atoms with Crippen LogP contribution >= 0.6 is 15.9 Å². The highest BCUT2D eigenvalue weighted by atomic mass is 79.9. The van der Waals surface area contributed by atoms with E-state index in [-0.39, 0.29) is 4.90 Å². The highest BCUT2D eigenvalue weighted by molar-refractivity contribution is 9.10. The number of sulfonamides is 1. The zero-order valence-electron chi connectivity index (χ0n) is 15.6. The molecule has 1 heterocycles. The summed E-state index contributed by atoms with van der Waals surface area (Å²) in [5, 5.41) is 3.50. The normalized spacial score (nSPS) is 20.4. The Balaban J connectivity index is 1.89. The first-order chi connectivity index (χ1) is 12.8. The SMILES string of the molecule is COc1ccc(NS(=O)(=O)c2ccc(Br)cc2)cc1N1CC(C)NC(C)C1. The molecular formula is C19H24BrN3O3S. The van der Waals surface area contributed by atoms with Gasteiger partial charge in [0.1, 0.15) is 5.75 Å². The summed E-state index contributed by atoms with van der Waals surface area (Å²) in [7, 11) is -2.04. The molecule has 0 spiro atoms. The fraction of sp³-hybridized carbons (Fsp3) is 0.368. The molecule has 2 N–H and O–H groups in total. The van der Waals surface area contributed by atoms with E-state index in [1.807, 2.05) is 6.07 Å². The fourth-order valence-electron chi connectivity index (χ4n) is 3.35. The largest absolute Gasteiger partial charge is 0.495 e. The van der Waals surface area contributed by atoms with E-state index in [0.29, 0.717) is 17.8 Å². The maximum atomic E-state index is 12.7. The van der Waals surface area contributed by atoms with Gasteiger partial charge in [0.05, 0.1) is 23.4 Å². The molecule has 27 heavy (non-hydrogen) atoms. The van der Waals surface area contributed by atoms with E-state index in [9.17, 15) is 8.42 Å². The Labute approximate surface area is 169 Å². The number of benzene rings is 2. The summed E-state index contributed by atoms with van der Waals surface area (Å²) in [6.45, 7) is 5.91. The molecule has 3 rings (SSSR count). The summed E-state index contributed by atoms with van der Waals surface area (Å²) in [5.74, 6) is 0.725. The van der Waals surface area contributed by atoms with Gasteiger partial charge in [-0.2, -0.15) is 0 Å². The van der Waals surface area contributed by atoms with Gasteiger partial charge >= 0.3 is 0 Å². The first-order valence-electron chi connectivity index (χ1n) is 8.76. The van der Waals surface area contributed by atoms with Crippen LogP contribution in [0.2, 0.25) is 0 Å². The second kappa shape index (κ2) is 8.08. The topological polar surface area (TPSA) is 70.7 Å². The summed E-state index contributed by atoms with van der Waals surface area (Å²) in [5.41, 5.74) is 1.39. The molecule has 0 saturated carbocycles. The molecular weight excluding hydrogens is 430 g/mol. The lowest BCUT2D eigenvalue weighted by Gasteiger charge is -2.38. The lowest BCUT2D eigenvalue weighted by Crippen LogP contribution is -2.54. The van der Waals surface area contributed by atoms with Crippen molar-refractivity contribution in [1.82, 2.24) is 5.32 Å². The Morgan fingerprint density at radius 3 is 2.33 bits per heavy atom. The average molecular weight is 454 g/mol. The van der Waals surface area contributed by atoms with Gasteiger partial charge in [-0.15, -0.1) is 0 Å². The number of halogens is 1. The van der Waals surface area contributed by atoms with Gasteiger partial charge in [-0.3, -0.25) is 4.72 Å². The van der Waals surface area contributed by atoms with Crippen LogP contribution in [0.25, 0.3) is 0 Å². The summed E-state index contributed by atoms with van der Waals surface area (Å²) in [6.07, 6.45) is 0. The third kappa shape index (κ3) is 4.75. The molecule has 6 nitrogen and oxygen atoms in total. The first kappa shape index (κ1) is 20.0. The van der Waals surface area contributed by atoms with E-state index in [1.54, 1.807) is 43.5 Å². The van der Waals surface area contributed by atoms with Crippen molar-refractivity contribution >= 4 is 37.3 Å².